The van der Waals surface area contributed by atoms with Gasteiger partial charge in [-0.2, -0.15) is 0 Å². The van der Waals surface area contributed by atoms with Crippen LogP contribution in [0.2, 0.25) is 0 Å². The predicted molar refractivity (Wildman–Crippen MR) is 66.9 cm³/mol. The second-order valence-corrected chi connectivity index (χ2v) is 6.56. The second-order valence-electron chi connectivity index (χ2n) is 6.56. The average molecular weight is 208 g/mol. The fourth-order valence-corrected chi connectivity index (χ4v) is 4.37. The van der Waals surface area contributed by atoms with Crippen LogP contribution in [0.3, 0.4) is 0 Å². The lowest BCUT2D eigenvalue weighted by Crippen LogP contribution is -2.29. The van der Waals surface area contributed by atoms with Gasteiger partial charge in [0.05, 0.1) is 0 Å². The first-order valence-corrected chi connectivity index (χ1v) is 7.22. The van der Waals surface area contributed by atoms with Crippen molar-refractivity contribution in [3.05, 3.63) is 0 Å². The molecule has 3 rings (SSSR count). The molecule has 88 valence electrons. The van der Waals surface area contributed by atoms with Crippen molar-refractivity contribution >= 4 is 0 Å². The zero-order valence-corrected chi connectivity index (χ0v) is 10.7. The summed E-state index contributed by atoms with van der Waals surface area (Å²) >= 11 is 0. The van der Waals surface area contributed by atoms with Crippen LogP contribution >= 0.6 is 0 Å². The third kappa shape index (κ3) is 2.98. The van der Waals surface area contributed by atoms with Gasteiger partial charge < -0.3 is 0 Å². The van der Waals surface area contributed by atoms with Crippen molar-refractivity contribution in [1.29, 1.82) is 0 Å². The second kappa shape index (κ2) is 4.89. The molecule has 0 atom stereocenters. The molecular formula is C15H28. The third-order valence-corrected chi connectivity index (χ3v) is 4.87. The Bertz CT molecular complexity index is 170. The van der Waals surface area contributed by atoms with Crippen LogP contribution in [0.4, 0.5) is 0 Å². The smallest absolute Gasteiger partial charge is 0.0321 e. The van der Waals surface area contributed by atoms with Crippen molar-refractivity contribution in [2.75, 3.05) is 0 Å². The summed E-state index contributed by atoms with van der Waals surface area (Å²) in [5.74, 6) is 2.14. The molecule has 2 bridgehead atoms. The van der Waals surface area contributed by atoms with E-state index in [9.17, 15) is 0 Å². The number of hydrogen-bond donors (Lipinski definition) is 0. The summed E-state index contributed by atoms with van der Waals surface area (Å²) < 4.78 is 0. The standard InChI is InChI=1S/C15H28/c1-3-10-15(2)11-13-6-4-7-14(12-15)9-5-8-13/h13-14H,3-12H2,1-2H3. The van der Waals surface area contributed by atoms with Crippen LogP contribution in [-0.2, 0) is 0 Å². The summed E-state index contributed by atoms with van der Waals surface area (Å²) in [6, 6.07) is 0. The van der Waals surface area contributed by atoms with Gasteiger partial charge in [0.2, 0.25) is 0 Å². The van der Waals surface area contributed by atoms with E-state index in [1.165, 1.54) is 64.2 Å². The van der Waals surface area contributed by atoms with Gasteiger partial charge >= 0.3 is 0 Å². The van der Waals surface area contributed by atoms with E-state index < -0.39 is 0 Å². The zero-order chi connectivity index (χ0) is 10.7. The van der Waals surface area contributed by atoms with Crippen LogP contribution in [0.1, 0.15) is 78.1 Å². The first-order valence-electron chi connectivity index (χ1n) is 7.22. The minimum Gasteiger partial charge on any atom is -0.0654 e. The molecule has 0 aliphatic heterocycles. The molecule has 15 heavy (non-hydrogen) atoms. The van der Waals surface area contributed by atoms with Crippen molar-refractivity contribution in [2.45, 2.75) is 78.1 Å². The van der Waals surface area contributed by atoms with E-state index in [1.54, 1.807) is 0 Å². The zero-order valence-electron chi connectivity index (χ0n) is 10.7. The molecule has 0 spiro atoms. The predicted octanol–water partition coefficient (Wildman–Crippen LogP) is 5.17. The van der Waals surface area contributed by atoms with Crippen LogP contribution in [0.15, 0.2) is 0 Å². The Morgan fingerprint density at radius 2 is 1.40 bits per heavy atom. The van der Waals surface area contributed by atoms with Crippen LogP contribution < -0.4 is 0 Å². The maximum absolute atomic E-state index is 2.58. The fraction of sp³-hybridized carbons (Fsp3) is 1.00. The lowest BCUT2D eigenvalue weighted by molar-refractivity contribution is 0.106. The van der Waals surface area contributed by atoms with E-state index in [-0.39, 0.29) is 0 Å². The van der Waals surface area contributed by atoms with Gasteiger partial charge in [0, 0.05) is 0 Å². The van der Waals surface area contributed by atoms with E-state index in [2.05, 4.69) is 13.8 Å². The maximum atomic E-state index is 2.58. The summed E-state index contributed by atoms with van der Waals surface area (Å²) in [6.45, 7) is 4.94. The Balaban J connectivity index is 2.07. The Morgan fingerprint density at radius 1 is 0.933 bits per heavy atom. The molecule has 0 heterocycles. The largest absolute Gasteiger partial charge is 0.0654 e. The highest BCUT2D eigenvalue weighted by Gasteiger charge is 2.33. The number of rotatable bonds is 2. The van der Waals surface area contributed by atoms with Gasteiger partial charge in [-0.3, -0.25) is 0 Å². The van der Waals surface area contributed by atoms with Gasteiger partial charge in [0.15, 0.2) is 0 Å². The molecule has 0 aromatic carbocycles. The molecule has 3 fully saturated rings. The van der Waals surface area contributed by atoms with Crippen LogP contribution in [-0.4, -0.2) is 0 Å². The monoisotopic (exact) mass is 208 g/mol. The van der Waals surface area contributed by atoms with Crippen molar-refractivity contribution < 1.29 is 0 Å². The molecule has 0 saturated heterocycles. The van der Waals surface area contributed by atoms with Crippen LogP contribution in [0, 0.1) is 17.3 Å². The summed E-state index contributed by atoms with van der Waals surface area (Å²) in [5, 5.41) is 0. The van der Waals surface area contributed by atoms with E-state index >= 15 is 0 Å². The highest BCUT2D eigenvalue weighted by Crippen LogP contribution is 2.46. The number of fused-ring (bicyclic) bond motifs is 6. The summed E-state index contributed by atoms with van der Waals surface area (Å²) in [5.41, 5.74) is 0.699. The van der Waals surface area contributed by atoms with Crippen LogP contribution in [0.25, 0.3) is 0 Å². The summed E-state index contributed by atoms with van der Waals surface area (Å²) in [6.07, 6.45) is 15.1. The van der Waals surface area contributed by atoms with Gasteiger partial charge in [-0.15, -0.1) is 0 Å². The molecule has 0 nitrogen and oxygen atoms in total. The quantitative estimate of drug-likeness (QED) is 0.587. The van der Waals surface area contributed by atoms with Gasteiger partial charge in [0.25, 0.3) is 0 Å². The van der Waals surface area contributed by atoms with E-state index in [4.69, 9.17) is 0 Å². The molecule has 0 aromatic heterocycles. The first kappa shape index (κ1) is 11.5. The highest BCUT2D eigenvalue weighted by atomic mass is 14.4. The molecule has 0 radical (unpaired) electrons. The van der Waals surface area contributed by atoms with E-state index in [0.717, 1.165) is 11.8 Å². The molecule has 3 saturated carbocycles. The van der Waals surface area contributed by atoms with Gasteiger partial charge in [0.1, 0.15) is 0 Å². The Morgan fingerprint density at radius 3 is 1.80 bits per heavy atom. The molecule has 0 amide bonds. The molecular weight excluding hydrogens is 180 g/mol. The van der Waals surface area contributed by atoms with Gasteiger partial charge in [-0.1, -0.05) is 58.8 Å². The van der Waals surface area contributed by atoms with Crippen molar-refractivity contribution in [2.24, 2.45) is 17.3 Å². The lowest BCUT2D eigenvalue weighted by atomic mass is 9.64. The molecule has 0 heteroatoms. The van der Waals surface area contributed by atoms with E-state index in [1.807, 2.05) is 0 Å². The molecule has 0 unspecified atom stereocenters. The van der Waals surface area contributed by atoms with Gasteiger partial charge in [-0.05, 0) is 36.5 Å². The molecule has 0 N–H and O–H groups in total. The first-order chi connectivity index (χ1) is 7.22. The van der Waals surface area contributed by atoms with Crippen molar-refractivity contribution in [3.8, 4) is 0 Å². The highest BCUT2D eigenvalue weighted by molar-refractivity contribution is 4.85. The van der Waals surface area contributed by atoms with Crippen LogP contribution in [0.5, 0.6) is 0 Å². The summed E-state index contributed by atoms with van der Waals surface area (Å²) in [7, 11) is 0. The fourth-order valence-electron chi connectivity index (χ4n) is 4.37. The normalized spacial score (nSPS) is 42.0. The minimum absolute atomic E-state index is 0.699. The van der Waals surface area contributed by atoms with Crippen molar-refractivity contribution in [3.63, 3.8) is 0 Å². The van der Waals surface area contributed by atoms with Crippen molar-refractivity contribution in [1.82, 2.24) is 0 Å². The topological polar surface area (TPSA) is 0 Å². The minimum atomic E-state index is 0.699. The number of hydrogen-bond acceptors (Lipinski definition) is 0. The third-order valence-electron chi connectivity index (χ3n) is 4.87. The van der Waals surface area contributed by atoms with Gasteiger partial charge in [-0.25, -0.2) is 0 Å². The maximum Gasteiger partial charge on any atom is -0.0321 e. The lowest BCUT2D eigenvalue weighted by Gasteiger charge is -2.41. The Labute approximate surface area is 95.8 Å². The molecule has 0 aromatic rings. The Hall–Kier alpha value is 0. The summed E-state index contributed by atoms with van der Waals surface area (Å²) in [4.78, 5) is 0. The molecule has 3 aliphatic rings. The Kier molecular flexibility index (Phi) is 3.74. The molecule has 3 aliphatic carbocycles. The van der Waals surface area contributed by atoms with E-state index in [0.29, 0.717) is 5.41 Å². The average Bonchev–Trinajstić information content (AvgIpc) is 2.09. The SMILES string of the molecule is CCCC1(C)CC2CCCC(CCC2)C1.